The van der Waals surface area contributed by atoms with Gasteiger partial charge in [-0.1, -0.05) is 37.7 Å². The van der Waals surface area contributed by atoms with Crippen LogP contribution in [0.5, 0.6) is 0 Å². The maximum atomic E-state index is 12.7. The Hall–Kier alpha value is -2.20. The third kappa shape index (κ3) is 7.64. The van der Waals surface area contributed by atoms with Gasteiger partial charge in [0.2, 0.25) is 0 Å². The molecule has 2 aliphatic rings. The van der Waals surface area contributed by atoms with Crippen molar-refractivity contribution in [2.45, 2.75) is 31.2 Å². The Morgan fingerprint density at radius 3 is 2.57 bits per heavy atom. The van der Waals surface area contributed by atoms with Crippen molar-refractivity contribution in [2.24, 2.45) is 0 Å². The second kappa shape index (κ2) is 13.2. The molecule has 2 aromatic rings. The van der Waals surface area contributed by atoms with Gasteiger partial charge >= 0.3 is 0 Å². The Labute approximate surface area is 213 Å². The van der Waals surface area contributed by atoms with E-state index in [0.717, 1.165) is 100.0 Å². The van der Waals surface area contributed by atoms with Gasteiger partial charge in [0.15, 0.2) is 5.16 Å². The van der Waals surface area contributed by atoms with Crippen LogP contribution in [0.4, 0.5) is 5.82 Å². The van der Waals surface area contributed by atoms with E-state index in [-0.39, 0.29) is 5.91 Å². The number of aromatic nitrogens is 2. The molecule has 1 aromatic heterocycles. The molecular formula is C26H38N6O2S. The van der Waals surface area contributed by atoms with Gasteiger partial charge in [-0.3, -0.25) is 9.69 Å². The van der Waals surface area contributed by atoms with E-state index in [4.69, 9.17) is 14.7 Å². The number of nitrogens with zero attached hydrogens (tertiary/aromatic N) is 5. The van der Waals surface area contributed by atoms with E-state index in [2.05, 4.69) is 46.0 Å². The van der Waals surface area contributed by atoms with Gasteiger partial charge in [0, 0.05) is 75.4 Å². The fourth-order valence-corrected chi connectivity index (χ4v) is 5.18. The van der Waals surface area contributed by atoms with Crippen LogP contribution < -0.4 is 10.2 Å². The van der Waals surface area contributed by atoms with Gasteiger partial charge in [0.25, 0.3) is 5.91 Å². The topological polar surface area (TPSA) is 73.8 Å². The molecule has 3 heterocycles. The summed E-state index contributed by atoms with van der Waals surface area (Å²) in [5.74, 6) is 1.73. The number of likely N-dealkylation sites (N-methyl/N-ethyl adjacent to an activating group) is 1. The number of hydrogen-bond donors (Lipinski definition) is 1. The quantitative estimate of drug-likeness (QED) is 0.396. The molecule has 190 valence electrons. The molecule has 0 radical (unpaired) electrons. The van der Waals surface area contributed by atoms with Crippen molar-refractivity contribution in [2.75, 3.05) is 77.0 Å². The lowest BCUT2D eigenvalue weighted by atomic mass is 10.1. The number of hydrogen-bond acceptors (Lipinski definition) is 8. The van der Waals surface area contributed by atoms with Crippen LogP contribution in [0.2, 0.25) is 0 Å². The number of ether oxygens (including phenoxy) is 1. The van der Waals surface area contributed by atoms with Crippen LogP contribution in [0.25, 0.3) is 0 Å². The fourth-order valence-electron chi connectivity index (χ4n) is 4.36. The molecule has 0 spiro atoms. The van der Waals surface area contributed by atoms with Crippen molar-refractivity contribution in [1.82, 2.24) is 25.1 Å². The summed E-state index contributed by atoms with van der Waals surface area (Å²) in [7, 11) is 0. The van der Waals surface area contributed by atoms with E-state index in [0.29, 0.717) is 12.1 Å². The average molecular weight is 499 g/mol. The highest BCUT2D eigenvalue weighted by Gasteiger charge is 2.18. The summed E-state index contributed by atoms with van der Waals surface area (Å²) in [4.78, 5) is 29.5. The number of rotatable bonds is 10. The number of aryl methyl sites for hydroxylation is 1. The third-order valence-corrected chi connectivity index (χ3v) is 7.54. The molecular weight excluding hydrogens is 460 g/mol. The molecule has 0 aliphatic carbocycles. The van der Waals surface area contributed by atoms with Gasteiger partial charge < -0.3 is 19.9 Å². The van der Waals surface area contributed by atoms with Crippen molar-refractivity contribution in [1.29, 1.82) is 0 Å². The van der Waals surface area contributed by atoms with E-state index < -0.39 is 0 Å². The number of thioether (sulfide) groups is 1. The second-order valence-electron chi connectivity index (χ2n) is 8.97. The zero-order chi connectivity index (χ0) is 24.5. The molecule has 9 heteroatoms. The van der Waals surface area contributed by atoms with Crippen LogP contribution in [0, 0.1) is 0 Å². The van der Waals surface area contributed by atoms with Gasteiger partial charge in [-0.15, -0.1) is 0 Å². The van der Waals surface area contributed by atoms with E-state index in [1.165, 1.54) is 0 Å². The maximum Gasteiger partial charge on any atom is 0.251 e. The first-order valence-corrected chi connectivity index (χ1v) is 13.8. The number of nitrogens with one attached hydrogen (secondary N) is 1. The Kier molecular flexibility index (Phi) is 9.76. The molecule has 0 unspecified atom stereocenters. The number of anilines is 1. The van der Waals surface area contributed by atoms with Crippen LogP contribution in [0.15, 0.2) is 35.5 Å². The molecule has 2 saturated heterocycles. The van der Waals surface area contributed by atoms with E-state index in [1.54, 1.807) is 11.8 Å². The lowest BCUT2D eigenvalue weighted by Crippen LogP contribution is -2.46. The van der Waals surface area contributed by atoms with Crippen molar-refractivity contribution >= 4 is 23.5 Å². The molecule has 1 aromatic carbocycles. The highest BCUT2D eigenvalue weighted by Crippen LogP contribution is 2.24. The number of piperazine rings is 1. The summed E-state index contributed by atoms with van der Waals surface area (Å²) in [5.41, 5.74) is 2.87. The van der Waals surface area contributed by atoms with Crippen LogP contribution in [-0.2, 0) is 16.9 Å². The lowest BCUT2D eigenvalue weighted by Gasteiger charge is -2.34. The first kappa shape index (κ1) is 25.9. The predicted molar refractivity (Wildman–Crippen MR) is 141 cm³/mol. The zero-order valence-electron chi connectivity index (χ0n) is 21.0. The smallest absolute Gasteiger partial charge is 0.251 e. The standard InChI is InChI=1S/C26H38N6O2S/c1-3-23-19-24(32-12-10-30(4-2)11-13-32)29-26(28-23)35-20-21-6-5-7-22(18-21)25(33)27-8-9-31-14-16-34-17-15-31/h5-7,18-19H,3-4,8-17,20H2,1-2H3,(H,27,33). The number of carbonyl (C=O) groups excluding carboxylic acids is 1. The normalized spacial score (nSPS) is 17.5. The second-order valence-corrected chi connectivity index (χ2v) is 9.92. The Balaban J connectivity index is 1.32. The molecule has 2 aliphatic heterocycles. The molecule has 8 nitrogen and oxygen atoms in total. The first-order chi connectivity index (χ1) is 17.1. The van der Waals surface area contributed by atoms with Gasteiger partial charge in [-0.25, -0.2) is 9.97 Å². The summed E-state index contributed by atoms with van der Waals surface area (Å²) in [6.07, 6.45) is 0.887. The van der Waals surface area contributed by atoms with E-state index >= 15 is 0 Å². The Bertz CT molecular complexity index is 961. The van der Waals surface area contributed by atoms with Crippen LogP contribution in [-0.4, -0.2) is 97.8 Å². The molecule has 35 heavy (non-hydrogen) atoms. The molecule has 2 fully saturated rings. The Morgan fingerprint density at radius 2 is 1.83 bits per heavy atom. The minimum Gasteiger partial charge on any atom is -0.379 e. The number of amides is 1. The molecule has 4 rings (SSSR count). The highest BCUT2D eigenvalue weighted by atomic mass is 32.2. The average Bonchev–Trinajstić information content (AvgIpc) is 2.92. The van der Waals surface area contributed by atoms with Gasteiger partial charge in [0.1, 0.15) is 5.82 Å². The van der Waals surface area contributed by atoms with E-state index in [9.17, 15) is 4.79 Å². The van der Waals surface area contributed by atoms with Crippen LogP contribution in [0.3, 0.4) is 0 Å². The number of carbonyl (C=O) groups is 1. The SMILES string of the molecule is CCc1cc(N2CCN(CC)CC2)nc(SCc2cccc(C(=O)NCCN3CCOCC3)c2)n1. The molecule has 0 bridgehead atoms. The van der Waals surface area contributed by atoms with Crippen molar-refractivity contribution < 1.29 is 9.53 Å². The molecule has 1 amide bonds. The molecule has 0 atom stereocenters. The molecule has 0 saturated carbocycles. The summed E-state index contributed by atoms with van der Waals surface area (Å²) in [5, 5.41) is 3.85. The largest absolute Gasteiger partial charge is 0.379 e. The van der Waals surface area contributed by atoms with Crippen molar-refractivity contribution in [3.8, 4) is 0 Å². The minimum absolute atomic E-state index is 0.0251. The summed E-state index contributed by atoms with van der Waals surface area (Å²) < 4.78 is 5.38. The van der Waals surface area contributed by atoms with Crippen LogP contribution in [0.1, 0.15) is 35.5 Å². The third-order valence-electron chi connectivity index (χ3n) is 6.63. The molecule has 1 N–H and O–H groups in total. The zero-order valence-corrected chi connectivity index (χ0v) is 21.9. The van der Waals surface area contributed by atoms with Gasteiger partial charge in [0.05, 0.1) is 13.2 Å². The Morgan fingerprint density at radius 1 is 1.03 bits per heavy atom. The van der Waals surface area contributed by atoms with Crippen molar-refractivity contribution in [3.63, 3.8) is 0 Å². The minimum atomic E-state index is -0.0251. The van der Waals surface area contributed by atoms with Gasteiger partial charge in [-0.2, -0.15) is 0 Å². The van der Waals surface area contributed by atoms with Gasteiger partial charge in [-0.05, 0) is 30.7 Å². The van der Waals surface area contributed by atoms with Crippen molar-refractivity contribution in [3.05, 3.63) is 47.2 Å². The fraction of sp³-hybridized carbons (Fsp3) is 0.577. The monoisotopic (exact) mass is 498 g/mol. The summed E-state index contributed by atoms with van der Waals surface area (Å²) in [6.45, 7) is 14.5. The summed E-state index contributed by atoms with van der Waals surface area (Å²) in [6, 6.07) is 10.0. The van der Waals surface area contributed by atoms with E-state index in [1.807, 2.05) is 18.2 Å². The maximum absolute atomic E-state index is 12.7. The van der Waals surface area contributed by atoms with Crippen LogP contribution >= 0.6 is 11.8 Å². The first-order valence-electron chi connectivity index (χ1n) is 12.8. The summed E-state index contributed by atoms with van der Waals surface area (Å²) >= 11 is 1.63. The number of morpholine rings is 1. The predicted octanol–water partition coefficient (Wildman–Crippen LogP) is 2.54. The highest BCUT2D eigenvalue weighted by molar-refractivity contribution is 7.98. The lowest BCUT2D eigenvalue weighted by molar-refractivity contribution is 0.0383. The number of benzene rings is 1.